The van der Waals surface area contributed by atoms with E-state index >= 15 is 0 Å². The zero-order valence-corrected chi connectivity index (χ0v) is 17.3. The quantitative estimate of drug-likeness (QED) is 0.806. The molecule has 1 aromatic heterocycles. The summed E-state index contributed by atoms with van der Waals surface area (Å²) in [5, 5.41) is 4.09. The zero-order chi connectivity index (χ0) is 19.7. The number of hydrogen-bond acceptors (Lipinski definition) is 4. The van der Waals surface area contributed by atoms with E-state index < -0.39 is 0 Å². The molecule has 150 valence electrons. The summed E-state index contributed by atoms with van der Waals surface area (Å²) in [6, 6.07) is 10.3. The van der Waals surface area contributed by atoms with Gasteiger partial charge in [0.25, 0.3) is 0 Å². The number of hydrogen-bond donors (Lipinski definition) is 0. The van der Waals surface area contributed by atoms with E-state index in [2.05, 4.69) is 34.0 Å². The first-order valence-electron chi connectivity index (χ1n) is 10.5. The fourth-order valence-electron chi connectivity index (χ4n) is 5.00. The lowest BCUT2D eigenvalue weighted by molar-refractivity contribution is -0.141. The van der Waals surface area contributed by atoms with Crippen molar-refractivity contribution in [2.24, 2.45) is 5.41 Å². The van der Waals surface area contributed by atoms with Crippen molar-refractivity contribution in [1.29, 1.82) is 0 Å². The van der Waals surface area contributed by atoms with Crippen LogP contribution in [0.25, 0.3) is 0 Å². The first-order valence-corrected chi connectivity index (χ1v) is 10.5. The molecule has 1 spiro atoms. The molecule has 0 bridgehead atoms. The average molecular weight is 382 g/mol. The standard InChI is InChI=1S/C23H31N3O2/c1-4-26-16-23(14-20(22(26)27)19-8-6-5-7-9-19)10-12-25(13-11-23)15-21-17(2)24-28-18(21)3/h5-9,20H,4,10-16H2,1-3H3/t20-/m0/s1. The van der Waals surface area contributed by atoms with Crippen molar-refractivity contribution in [2.45, 2.75) is 52.5 Å². The molecule has 5 nitrogen and oxygen atoms in total. The largest absolute Gasteiger partial charge is 0.361 e. The lowest BCUT2D eigenvalue weighted by atomic mass is 9.67. The normalized spacial score (nSPS) is 22.8. The molecule has 0 unspecified atom stereocenters. The predicted octanol–water partition coefficient (Wildman–Crippen LogP) is 3.91. The highest BCUT2D eigenvalue weighted by atomic mass is 16.5. The van der Waals surface area contributed by atoms with Crippen molar-refractivity contribution in [3.8, 4) is 0 Å². The molecule has 1 aromatic carbocycles. The number of likely N-dealkylation sites (N-methyl/N-ethyl adjacent to an activating group) is 1. The second-order valence-corrected chi connectivity index (χ2v) is 8.60. The third-order valence-corrected chi connectivity index (χ3v) is 6.84. The molecule has 2 saturated heterocycles. The van der Waals surface area contributed by atoms with E-state index in [9.17, 15) is 4.79 Å². The number of carbonyl (C=O) groups is 1. The van der Waals surface area contributed by atoms with Gasteiger partial charge in [0.1, 0.15) is 5.76 Å². The summed E-state index contributed by atoms with van der Waals surface area (Å²) in [6.45, 7) is 10.9. The Hall–Kier alpha value is -2.14. The minimum absolute atomic E-state index is 0.00372. The fourth-order valence-corrected chi connectivity index (χ4v) is 5.00. The number of carbonyl (C=O) groups excluding carboxylic acids is 1. The number of aryl methyl sites for hydroxylation is 2. The van der Waals surface area contributed by atoms with Crippen molar-refractivity contribution in [3.63, 3.8) is 0 Å². The predicted molar refractivity (Wildman–Crippen MR) is 109 cm³/mol. The zero-order valence-electron chi connectivity index (χ0n) is 17.3. The molecular formula is C23H31N3O2. The number of likely N-dealkylation sites (tertiary alicyclic amines) is 2. The van der Waals surface area contributed by atoms with Gasteiger partial charge in [0.15, 0.2) is 0 Å². The molecular weight excluding hydrogens is 350 g/mol. The van der Waals surface area contributed by atoms with Crippen LogP contribution in [0.3, 0.4) is 0 Å². The molecule has 2 aliphatic heterocycles. The summed E-state index contributed by atoms with van der Waals surface area (Å²) in [4.78, 5) is 17.6. The number of nitrogens with zero attached hydrogens (tertiary/aromatic N) is 3. The SMILES string of the molecule is CCN1CC2(CCN(Cc3c(C)noc3C)CC2)C[C@@H](c2ccccc2)C1=O. The monoisotopic (exact) mass is 381 g/mol. The Bertz CT molecular complexity index is 802. The lowest BCUT2D eigenvalue weighted by Crippen LogP contribution is -2.53. The van der Waals surface area contributed by atoms with Crippen molar-refractivity contribution >= 4 is 5.91 Å². The number of piperidine rings is 2. The average Bonchev–Trinajstić information content (AvgIpc) is 3.04. The van der Waals surface area contributed by atoms with Gasteiger partial charge in [-0.1, -0.05) is 35.5 Å². The van der Waals surface area contributed by atoms with Crippen LogP contribution in [0, 0.1) is 19.3 Å². The lowest BCUT2D eigenvalue weighted by Gasteiger charge is -2.49. The highest BCUT2D eigenvalue weighted by Crippen LogP contribution is 2.45. The summed E-state index contributed by atoms with van der Waals surface area (Å²) in [6.07, 6.45) is 3.26. The van der Waals surface area contributed by atoms with Gasteiger partial charge in [0, 0.05) is 25.2 Å². The molecule has 0 saturated carbocycles. The molecule has 2 aliphatic rings. The van der Waals surface area contributed by atoms with Crippen LogP contribution in [0.2, 0.25) is 0 Å². The van der Waals surface area contributed by atoms with Gasteiger partial charge in [0.05, 0.1) is 11.6 Å². The van der Waals surface area contributed by atoms with Gasteiger partial charge in [-0.15, -0.1) is 0 Å². The van der Waals surface area contributed by atoms with E-state index in [1.807, 2.05) is 32.0 Å². The van der Waals surface area contributed by atoms with Gasteiger partial charge in [0.2, 0.25) is 5.91 Å². The molecule has 0 N–H and O–H groups in total. The minimum Gasteiger partial charge on any atom is -0.361 e. The Balaban J connectivity index is 1.48. The van der Waals surface area contributed by atoms with E-state index in [1.165, 1.54) is 11.1 Å². The van der Waals surface area contributed by atoms with Gasteiger partial charge in [-0.2, -0.15) is 0 Å². The summed E-state index contributed by atoms with van der Waals surface area (Å²) in [5.74, 6) is 1.24. The van der Waals surface area contributed by atoms with Crippen LogP contribution in [-0.4, -0.2) is 47.0 Å². The van der Waals surface area contributed by atoms with Gasteiger partial charge in [-0.25, -0.2) is 0 Å². The molecule has 0 aliphatic carbocycles. The van der Waals surface area contributed by atoms with E-state index in [0.29, 0.717) is 5.91 Å². The minimum atomic E-state index is 0.00372. The van der Waals surface area contributed by atoms with Gasteiger partial charge < -0.3 is 9.42 Å². The van der Waals surface area contributed by atoms with E-state index in [4.69, 9.17) is 4.52 Å². The molecule has 4 rings (SSSR count). The Kier molecular flexibility index (Phi) is 5.28. The fraction of sp³-hybridized carbons (Fsp3) is 0.565. The molecule has 3 heterocycles. The smallest absolute Gasteiger partial charge is 0.230 e. The first kappa shape index (κ1) is 19.2. The van der Waals surface area contributed by atoms with E-state index in [1.54, 1.807) is 0 Å². The topological polar surface area (TPSA) is 49.6 Å². The summed E-state index contributed by atoms with van der Waals surface area (Å²) >= 11 is 0. The van der Waals surface area contributed by atoms with Crippen molar-refractivity contribution in [3.05, 3.63) is 52.9 Å². The van der Waals surface area contributed by atoms with Crippen LogP contribution >= 0.6 is 0 Å². The molecule has 2 aromatic rings. The van der Waals surface area contributed by atoms with Crippen LogP contribution in [0.15, 0.2) is 34.9 Å². The number of rotatable bonds is 4. The van der Waals surface area contributed by atoms with Gasteiger partial charge in [-0.05, 0) is 64.1 Å². The van der Waals surface area contributed by atoms with E-state index in [-0.39, 0.29) is 11.3 Å². The Morgan fingerprint density at radius 1 is 1.18 bits per heavy atom. The molecule has 1 amide bonds. The van der Waals surface area contributed by atoms with Crippen molar-refractivity contribution < 1.29 is 9.32 Å². The number of amides is 1. The summed E-state index contributed by atoms with van der Waals surface area (Å²) < 4.78 is 5.33. The Labute approximate surface area is 167 Å². The maximum Gasteiger partial charge on any atom is 0.230 e. The van der Waals surface area contributed by atoms with Crippen LogP contribution in [0.1, 0.15) is 54.7 Å². The Morgan fingerprint density at radius 2 is 1.89 bits per heavy atom. The highest BCUT2D eigenvalue weighted by molar-refractivity contribution is 5.84. The molecule has 1 atom stereocenters. The first-order chi connectivity index (χ1) is 13.5. The highest BCUT2D eigenvalue weighted by Gasteiger charge is 2.45. The number of aromatic nitrogens is 1. The molecule has 5 heteroatoms. The summed E-state index contributed by atoms with van der Waals surface area (Å²) in [5.41, 5.74) is 3.64. The van der Waals surface area contributed by atoms with Crippen LogP contribution < -0.4 is 0 Å². The van der Waals surface area contributed by atoms with Gasteiger partial charge in [-0.3, -0.25) is 9.69 Å². The van der Waals surface area contributed by atoms with Crippen LogP contribution in [0.5, 0.6) is 0 Å². The molecule has 28 heavy (non-hydrogen) atoms. The molecule has 2 fully saturated rings. The third-order valence-electron chi connectivity index (χ3n) is 6.84. The Morgan fingerprint density at radius 3 is 2.50 bits per heavy atom. The van der Waals surface area contributed by atoms with Crippen LogP contribution in [0.4, 0.5) is 0 Å². The second-order valence-electron chi connectivity index (χ2n) is 8.60. The second kappa shape index (κ2) is 7.70. The summed E-state index contributed by atoms with van der Waals surface area (Å²) in [7, 11) is 0. The maximum atomic E-state index is 13.0. The third kappa shape index (κ3) is 3.60. The van der Waals surface area contributed by atoms with Crippen molar-refractivity contribution in [2.75, 3.05) is 26.2 Å². The van der Waals surface area contributed by atoms with Gasteiger partial charge >= 0.3 is 0 Å². The van der Waals surface area contributed by atoms with E-state index in [0.717, 1.165) is 63.4 Å². The number of benzene rings is 1. The van der Waals surface area contributed by atoms with Crippen LogP contribution in [-0.2, 0) is 11.3 Å². The molecule has 0 radical (unpaired) electrons. The maximum absolute atomic E-state index is 13.0. The van der Waals surface area contributed by atoms with Crippen molar-refractivity contribution in [1.82, 2.24) is 15.0 Å².